The molecule has 0 unspecified atom stereocenters. The Labute approximate surface area is 153 Å². The smallest absolute Gasteiger partial charge is 0.277 e. The zero-order chi connectivity index (χ0) is 18.4. The van der Waals surface area contributed by atoms with Crippen molar-refractivity contribution in [1.82, 2.24) is 5.16 Å². The lowest BCUT2D eigenvalue weighted by Gasteiger charge is -2.08. The Hall–Kier alpha value is -3.11. The summed E-state index contributed by atoms with van der Waals surface area (Å²) in [5.74, 6) is 0.265. The van der Waals surface area contributed by atoms with Gasteiger partial charge in [0, 0.05) is 28.7 Å². The van der Waals surface area contributed by atoms with Crippen LogP contribution in [0.5, 0.6) is 0 Å². The first-order chi connectivity index (χ1) is 12.7. The molecule has 1 amide bonds. The fourth-order valence-corrected chi connectivity index (χ4v) is 3.08. The number of hydrogen-bond acceptors (Lipinski definition) is 5. The number of benzene rings is 2. The molecule has 26 heavy (non-hydrogen) atoms. The van der Waals surface area contributed by atoms with Gasteiger partial charge in [-0.05, 0) is 36.4 Å². The number of carbonyl (C=O) groups excluding carboxylic acids is 1. The summed E-state index contributed by atoms with van der Waals surface area (Å²) < 4.78 is 18.2. The fourth-order valence-electron chi connectivity index (χ4n) is 2.22. The molecule has 2 aromatic carbocycles. The lowest BCUT2D eigenvalue weighted by atomic mass is 10.1. The molecule has 0 fully saturated rings. The van der Waals surface area contributed by atoms with Gasteiger partial charge in [0.2, 0.25) is 0 Å². The Kier molecular flexibility index (Phi) is 5.66. The van der Waals surface area contributed by atoms with Crippen molar-refractivity contribution >= 4 is 23.4 Å². The van der Waals surface area contributed by atoms with Crippen LogP contribution in [-0.4, -0.2) is 16.8 Å². The normalized spacial score (nSPS) is 10.3. The maximum Gasteiger partial charge on any atom is 0.277 e. The molecule has 0 aliphatic heterocycles. The highest BCUT2D eigenvalue weighted by molar-refractivity contribution is 7.99. The summed E-state index contributed by atoms with van der Waals surface area (Å²) >= 11 is 1.50. The summed E-state index contributed by atoms with van der Waals surface area (Å²) in [5.41, 5.74) is 1.40. The number of amides is 1. The molecular weight excluding hydrogens is 353 g/mol. The predicted octanol–water partition coefficient (Wildman–Crippen LogP) is 4.74. The molecular formula is C19H14FN3O2S. The molecule has 0 saturated carbocycles. The third kappa shape index (κ3) is 4.29. The highest BCUT2D eigenvalue weighted by Crippen LogP contribution is 2.28. The summed E-state index contributed by atoms with van der Waals surface area (Å²) in [5, 5.41) is 15.2. The molecule has 130 valence electrons. The van der Waals surface area contributed by atoms with Crippen LogP contribution >= 0.6 is 11.8 Å². The summed E-state index contributed by atoms with van der Waals surface area (Å²) in [6.45, 7) is 0. The van der Waals surface area contributed by atoms with Crippen LogP contribution in [0, 0.1) is 17.1 Å². The molecule has 3 rings (SSSR count). The minimum absolute atomic E-state index is 0.126. The SMILES string of the molecule is N#CCCSc1ccccc1NC(=O)c1cc(-c2ccc(F)cc2)on1. The Bertz CT molecular complexity index is 948. The maximum atomic E-state index is 13.0. The number of halogens is 1. The Morgan fingerprint density at radius 1 is 1.23 bits per heavy atom. The van der Waals surface area contributed by atoms with Gasteiger partial charge in [0.1, 0.15) is 5.82 Å². The van der Waals surface area contributed by atoms with Crippen LogP contribution in [0.4, 0.5) is 10.1 Å². The Balaban J connectivity index is 1.73. The number of carbonyl (C=O) groups is 1. The second-order valence-electron chi connectivity index (χ2n) is 5.29. The van der Waals surface area contributed by atoms with E-state index >= 15 is 0 Å². The van der Waals surface area contributed by atoms with Crippen LogP contribution in [0.25, 0.3) is 11.3 Å². The van der Waals surface area contributed by atoms with Crippen molar-refractivity contribution < 1.29 is 13.7 Å². The summed E-state index contributed by atoms with van der Waals surface area (Å²) in [7, 11) is 0. The summed E-state index contributed by atoms with van der Waals surface area (Å²) in [4.78, 5) is 13.3. The van der Waals surface area contributed by atoms with E-state index in [4.69, 9.17) is 9.78 Å². The quantitative estimate of drug-likeness (QED) is 0.503. The van der Waals surface area contributed by atoms with Gasteiger partial charge in [0.15, 0.2) is 11.5 Å². The number of para-hydroxylation sites is 1. The van der Waals surface area contributed by atoms with E-state index in [0.717, 1.165) is 4.90 Å². The minimum atomic E-state index is -0.407. The minimum Gasteiger partial charge on any atom is -0.355 e. The standard InChI is InChI=1S/C19H14FN3O2S/c20-14-8-6-13(7-9-14)17-12-16(23-25-17)19(24)22-15-4-1-2-5-18(15)26-11-3-10-21/h1-2,4-9,12H,3,11H2,(H,22,24). The molecule has 7 heteroatoms. The average Bonchev–Trinajstić information content (AvgIpc) is 3.14. The van der Waals surface area contributed by atoms with Crippen LogP contribution in [0.15, 0.2) is 64.0 Å². The predicted molar refractivity (Wildman–Crippen MR) is 97.2 cm³/mol. The Morgan fingerprint density at radius 2 is 2.00 bits per heavy atom. The first-order valence-electron chi connectivity index (χ1n) is 7.80. The van der Waals surface area contributed by atoms with Gasteiger partial charge in [-0.2, -0.15) is 5.26 Å². The molecule has 0 bridgehead atoms. The molecule has 0 saturated heterocycles. The van der Waals surface area contributed by atoms with Gasteiger partial charge in [-0.15, -0.1) is 11.8 Å². The second kappa shape index (κ2) is 8.32. The number of hydrogen-bond donors (Lipinski definition) is 1. The largest absolute Gasteiger partial charge is 0.355 e. The third-order valence-corrected chi connectivity index (χ3v) is 4.55. The fraction of sp³-hybridized carbons (Fsp3) is 0.105. The van der Waals surface area contributed by atoms with Gasteiger partial charge < -0.3 is 9.84 Å². The van der Waals surface area contributed by atoms with E-state index in [2.05, 4.69) is 16.5 Å². The van der Waals surface area contributed by atoms with Crippen LogP contribution < -0.4 is 5.32 Å². The van der Waals surface area contributed by atoms with E-state index in [1.807, 2.05) is 18.2 Å². The number of nitrogens with one attached hydrogen (secondary N) is 1. The molecule has 5 nitrogen and oxygen atoms in total. The van der Waals surface area contributed by atoms with Gasteiger partial charge in [0.05, 0.1) is 11.8 Å². The van der Waals surface area contributed by atoms with Crippen molar-refractivity contribution in [2.24, 2.45) is 0 Å². The number of aromatic nitrogens is 1. The van der Waals surface area contributed by atoms with Crippen molar-refractivity contribution in [3.63, 3.8) is 0 Å². The van der Waals surface area contributed by atoms with Crippen molar-refractivity contribution in [3.05, 3.63) is 66.1 Å². The highest BCUT2D eigenvalue weighted by Gasteiger charge is 2.15. The van der Waals surface area contributed by atoms with Crippen LogP contribution in [0.3, 0.4) is 0 Å². The van der Waals surface area contributed by atoms with E-state index in [9.17, 15) is 9.18 Å². The van der Waals surface area contributed by atoms with E-state index in [-0.39, 0.29) is 11.5 Å². The molecule has 0 aliphatic rings. The Morgan fingerprint density at radius 3 is 2.77 bits per heavy atom. The van der Waals surface area contributed by atoms with E-state index in [0.29, 0.717) is 29.2 Å². The van der Waals surface area contributed by atoms with Crippen LogP contribution in [-0.2, 0) is 0 Å². The van der Waals surface area contributed by atoms with E-state index < -0.39 is 5.91 Å². The molecule has 1 aromatic heterocycles. The van der Waals surface area contributed by atoms with Gasteiger partial charge in [-0.3, -0.25) is 4.79 Å². The zero-order valence-corrected chi connectivity index (χ0v) is 14.4. The lowest BCUT2D eigenvalue weighted by molar-refractivity contribution is 0.101. The number of thioether (sulfide) groups is 1. The molecule has 0 atom stereocenters. The zero-order valence-electron chi connectivity index (χ0n) is 13.6. The van der Waals surface area contributed by atoms with Crippen molar-refractivity contribution in [1.29, 1.82) is 5.26 Å². The van der Waals surface area contributed by atoms with Gasteiger partial charge >= 0.3 is 0 Å². The molecule has 1 N–H and O–H groups in total. The van der Waals surface area contributed by atoms with Gasteiger partial charge in [-0.1, -0.05) is 17.3 Å². The van der Waals surface area contributed by atoms with E-state index in [1.165, 1.54) is 30.0 Å². The first-order valence-corrected chi connectivity index (χ1v) is 8.79. The van der Waals surface area contributed by atoms with Crippen molar-refractivity contribution in [2.75, 3.05) is 11.1 Å². The molecule has 0 aliphatic carbocycles. The molecule has 3 aromatic rings. The van der Waals surface area contributed by atoms with Crippen molar-refractivity contribution in [2.45, 2.75) is 11.3 Å². The van der Waals surface area contributed by atoms with Gasteiger partial charge in [0.25, 0.3) is 5.91 Å². The summed E-state index contributed by atoms with van der Waals surface area (Å²) in [6.07, 6.45) is 0.428. The highest BCUT2D eigenvalue weighted by atomic mass is 32.2. The second-order valence-corrected chi connectivity index (χ2v) is 6.43. The maximum absolute atomic E-state index is 13.0. The monoisotopic (exact) mass is 367 g/mol. The third-order valence-electron chi connectivity index (χ3n) is 3.48. The molecule has 0 spiro atoms. The molecule has 0 radical (unpaired) electrons. The van der Waals surface area contributed by atoms with Crippen LogP contribution in [0.1, 0.15) is 16.9 Å². The number of anilines is 1. The first kappa shape index (κ1) is 17.7. The van der Waals surface area contributed by atoms with Gasteiger partial charge in [-0.25, -0.2) is 4.39 Å². The molecule has 1 heterocycles. The number of nitriles is 1. The topological polar surface area (TPSA) is 78.9 Å². The lowest BCUT2D eigenvalue weighted by Crippen LogP contribution is -2.12. The van der Waals surface area contributed by atoms with Crippen LogP contribution in [0.2, 0.25) is 0 Å². The van der Waals surface area contributed by atoms with E-state index in [1.54, 1.807) is 18.2 Å². The number of rotatable bonds is 6. The van der Waals surface area contributed by atoms with Crippen molar-refractivity contribution in [3.8, 4) is 17.4 Å². The average molecular weight is 367 g/mol. The summed E-state index contributed by atoms with van der Waals surface area (Å²) in [6, 6.07) is 16.7. The number of nitrogens with zero attached hydrogens (tertiary/aromatic N) is 2.